The van der Waals surface area contributed by atoms with Gasteiger partial charge < -0.3 is 9.73 Å². The topological polar surface area (TPSA) is 146 Å². The number of aryl methyl sites for hydroxylation is 3. The summed E-state index contributed by atoms with van der Waals surface area (Å²) in [5, 5.41) is 4.59. The Hall–Kier alpha value is -4.81. The Kier molecular flexibility index (Phi) is 7.58. The van der Waals surface area contributed by atoms with Crippen molar-refractivity contribution in [2.45, 2.75) is 30.6 Å². The van der Waals surface area contributed by atoms with Gasteiger partial charge in [-0.2, -0.15) is 16.8 Å². The summed E-state index contributed by atoms with van der Waals surface area (Å²) in [4.78, 5) is 4.19. The van der Waals surface area contributed by atoms with Crippen LogP contribution in [0.4, 0.5) is 17.1 Å². The molecule has 0 aromatic heterocycles. The monoisotopic (exact) mass is 640 g/mol. The fourth-order valence-electron chi connectivity index (χ4n) is 5.42. The molecule has 4 aromatic rings. The Balaban J connectivity index is 1.60. The van der Waals surface area contributed by atoms with Crippen molar-refractivity contribution < 1.29 is 30.4 Å². The second-order valence-corrected chi connectivity index (χ2v) is 13.6. The zero-order valence-electron chi connectivity index (χ0n) is 24.4. The smallest absolute Gasteiger partial charge is 0.295 e. The van der Waals surface area contributed by atoms with Crippen LogP contribution in [-0.2, 0) is 20.2 Å². The fraction of sp³-hybridized carbons (Fsp3) is 0.0882. The summed E-state index contributed by atoms with van der Waals surface area (Å²) in [6, 6.07) is 27.1. The summed E-state index contributed by atoms with van der Waals surface area (Å²) in [6.45, 7) is 5.71. The SMILES string of the molecule is Cc1cc(S(=O)(=O)O)ccc1/N=c1\ccc2c(-c3ccccc3S(=O)(=O)O)c3ccc(Nc4c(C)cccc4C)cc3oc-2c1. The van der Waals surface area contributed by atoms with Gasteiger partial charge in [-0.3, -0.25) is 9.11 Å². The van der Waals surface area contributed by atoms with Crippen LogP contribution in [0.25, 0.3) is 33.4 Å². The van der Waals surface area contributed by atoms with Crippen molar-refractivity contribution >= 4 is 48.3 Å². The molecule has 4 aromatic carbocycles. The van der Waals surface area contributed by atoms with E-state index in [2.05, 4.69) is 10.3 Å². The van der Waals surface area contributed by atoms with Crippen molar-refractivity contribution in [3.8, 4) is 22.5 Å². The van der Waals surface area contributed by atoms with E-state index in [0.29, 0.717) is 50.0 Å². The van der Waals surface area contributed by atoms with E-state index in [1.54, 1.807) is 43.3 Å². The maximum Gasteiger partial charge on any atom is 0.295 e. The van der Waals surface area contributed by atoms with Crippen LogP contribution >= 0.6 is 0 Å². The molecule has 228 valence electrons. The van der Waals surface area contributed by atoms with E-state index in [1.165, 1.54) is 24.3 Å². The molecule has 1 aliphatic heterocycles. The zero-order chi connectivity index (χ0) is 32.1. The van der Waals surface area contributed by atoms with E-state index in [4.69, 9.17) is 4.42 Å². The third-order valence-electron chi connectivity index (χ3n) is 7.61. The van der Waals surface area contributed by atoms with E-state index in [-0.39, 0.29) is 9.79 Å². The van der Waals surface area contributed by atoms with Crippen molar-refractivity contribution in [3.05, 3.63) is 119 Å². The second-order valence-electron chi connectivity index (χ2n) is 10.8. The Labute approximate surface area is 260 Å². The van der Waals surface area contributed by atoms with E-state index >= 15 is 0 Å². The van der Waals surface area contributed by atoms with Gasteiger partial charge in [-0.15, -0.1) is 0 Å². The van der Waals surface area contributed by atoms with Gasteiger partial charge >= 0.3 is 0 Å². The first-order valence-electron chi connectivity index (χ1n) is 13.8. The molecule has 0 saturated carbocycles. The highest BCUT2D eigenvalue weighted by Crippen LogP contribution is 2.43. The maximum atomic E-state index is 12.4. The normalized spacial score (nSPS) is 12.6. The van der Waals surface area contributed by atoms with E-state index in [9.17, 15) is 25.9 Å². The van der Waals surface area contributed by atoms with Crippen molar-refractivity contribution in [3.63, 3.8) is 0 Å². The predicted molar refractivity (Wildman–Crippen MR) is 174 cm³/mol. The summed E-state index contributed by atoms with van der Waals surface area (Å²) in [5.41, 5.74) is 6.79. The van der Waals surface area contributed by atoms with Gasteiger partial charge in [0.15, 0.2) is 0 Å². The van der Waals surface area contributed by atoms with E-state index in [1.807, 2.05) is 50.2 Å². The van der Waals surface area contributed by atoms with Crippen molar-refractivity contribution in [1.29, 1.82) is 0 Å². The van der Waals surface area contributed by atoms with Crippen molar-refractivity contribution in [2.24, 2.45) is 4.99 Å². The first kappa shape index (κ1) is 30.2. The second kappa shape index (κ2) is 11.3. The van der Waals surface area contributed by atoms with Gasteiger partial charge in [-0.1, -0.05) is 36.4 Å². The highest BCUT2D eigenvalue weighted by atomic mass is 32.2. The Bertz CT molecular complexity index is 2380. The fourth-order valence-corrected chi connectivity index (χ4v) is 6.69. The molecule has 0 spiro atoms. The van der Waals surface area contributed by atoms with E-state index < -0.39 is 20.2 Å². The third kappa shape index (κ3) is 5.98. The molecule has 1 heterocycles. The lowest BCUT2D eigenvalue weighted by molar-refractivity contribution is 0.481. The van der Waals surface area contributed by atoms with Crippen LogP contribution in [0.5, 0.6) is 0 Å². The maximum absolute atomic E-state index is 12.4. The molecule has 9 nitrogen and oxygen atoms in total. The summed E-state index contributed by atoms with van der Waals surface area (Å²) in [6.07, 6.45) is 0. The third-order valence-corrected chi connectivity index (χ3v) is 9.37. The molecule has 0 radical (unpaired) electrons. The Morgan fingerprint density at radius 2 is 1.42 bits per heavy atom. The lowest BCUT2D eigenvalue weighted by Crippen LogP contribution is -2.05. The molecule has 11 heteroatoms. The molecule has 1 aliphatic carbocycles. The van der Waals surface area contributed by atoms with Crippen LogP contribution in [0.1, 0.15) is 16.7 Å². The predicted octanol–water partition coefficient (Wildman–Crippen LogP) is 7.60. The number of hydrogen-bond donors (Lipinski definition) is 3. The van der Waals surface area contributed by atoms with Crippen molar-refractivity contribution in [2.75, 3.05) is 5.32 Å². The summed E-state index contributed by atoms with van der Waals surface area (Å²) in [5.74, 6) is 0.403. The molecule has 6 rings (SSSR count). The largest absolute Gasteiger partial charge is 0.456 e. The average molecular weight is 641 g/mol. The number of hydrogen-bond acceptors (Lipinski definition) is 7. The molecule has 0 saturated heterocycles. The molecule has 3 N–H and O–H groups in total. The number of nitrogens with zero attached hydrogens (tertiary/aromatic N) is 1. The van der Waals surface area contributed by atoms with Crippen molar-refractivity contribution in [1.82, 2.24) is 0 Å². The highest BCUT2D eigenvalue weighted by molar-refractivity contribution is 7.86. The summed E-state index contributed by atoms with van der Waals surface area (Å²) >= 11 is 0. The molecule has 0 atom stereocenters. The molecule has 0 fully saturated rings. The average Bonchev–Trinajstić information content (AvgIpc) is 2.98. The summed E-state index contributed by atoms with van der Waals surface area (Å²) < 4.78 is 73.9. The molecule has 2 aliphatic rings. The zero-order valence-corrected chi connectivity index (χ0v) is 26.1. The number of fused-ring (bicyclic) bond motifs is 2. The van der Waals surface area contributed by atoms with Crippen LogP contribution in [0.2, 0.25) is 0 Å². The summed E-state index contributed by atoms with van der Waals surface area (Å²) in [7, 11) is -8.93. The van der Waals surface area contributed by atoms with Gasteiger partial charge in [0.25, 0.3) is 20.2 Å². The van der Waals surface area contributed by atoms with Gasteiger partial charge in [-0.25, -0.2) is 4.99 Å². The number of anilines is 2. The Morgan fingerprint density at radius 1 is 0.689 bits per heavy atom. The van der Waals surface area contributed by atoms with Gasteiger partial charge in [0.1, 0.15) is 16.2 Å². The van der Waals surface area contributed by atoms with E-state index in [0.717, 1.165) is 22.5 Å². The number of para-hydroxylation sites is 1. The van der Waals surface area contributed by atoms with Gasteiger partial charge in [0, 0.05) is 45.6 Å². The quantitative estimate of drug-likeness (QED) is 0.125. The number of benzene rings is 5. The standard InChI is InChI=1S/C34H28N2O7S2/c1-20-7-6-8-21(2)34(20)36-24-12-15-27-31(19-24)43-30-18-23(35-29-16-13-25(17-22(29)3)44(37,38)39)11-14-26(30)33(27)28-9-4-5-10-32(28)45(40,41)42/h4-19,36H,1-3H3,(H,37,38,39)(H,40,41,42)/b35-23+. The van der Waals surface area contributed by atoms with Gasteiger partial charge in [-0.05, 0) is 86.0 Å². The molecule has 0 bridgehead atoms. The molecule has 45 heavy (non-hydrogen) atoms. The first-order chi connectivity index (χ1) is 21.3. The van der Waals surface area contributed by atoms with Crippen LogP contribution in [0.3, 0.4) is 0 Å². The number of rotatable bonds is 6. The lowest BCUT2D eigenvalue weighted by atomic mass is 9.93. The highest BCUT2D eigenvalue weighted by Gasteiger charge is 2.23. The van der Waals surface area contributed by atoms with Crippen LogP contribution < -0.4 is 10.7 Å². The minimum absolute atomic E-state index is 0.230. The molecular weight excluding hydrogens is 613 g/mol. The van der Waals surface area contributed by atoms with Gasteiger partial charge in [0.2, 0.25) is 0 Å². The number of nitrogens with one attached hydrogen (secondary N) is 1. The molecule has 0 amide bonds. The molecule has 0 unspecified atom stereocenters. The lowest BCUT2D eigenvalue weighted by Gasteiger charge is -2.18. The van der Waals surface area contributed by atoms with Crippen LogP contribution in [0, 0.1) is 20.8 Å². The van der Waals surface area contributed by atoms with Crippen LogP contribution in [-0.4, -0.2) is 25.9 Å². The minimum atomic E-state index is -4.57. The van der Waals surface area contributed by atoms with Crippen LogP contribution in [0.15, 0.2) is 116 Å². The minimum Gasteiger partial charge on any atom is -0.456 e. The van der Waals surface area contributed by atoms with Gasteiger partial charge in [0.05, 0.1) is 15.9 Å². The molecular formula is C34H28N2O7S2. The first-order valence-corrected chi connectivity index (χ1v) is 16.7. The Morgan fingerprint density at radius 3 is 2.11 bits per heavy atom.